The summed E-state index contributed by atoms with van der Waals surface area (Å²) >= 11 is 12.4. The third-order valence-electron chi connectivity index (χ3n) is 4.29. The number of nitrogens with zero attached hydrogens (tertiary/aromatic N) is 3. The Balaban J connectivity index is 1.61. The summed E-state index contributed by atoms with van der Waals surface area (Å²) < 4.78 is 5.36. The van der Waals surface area contributed by atoms with E-state index in [0.717, 1.165) is 0 Å². The number of likely N-dealkylation sites (tertiary alicyclic amines) is 1. The van der Waals surface area contributed by atoms with Crippen LogP contribution >= 0.6 is 23.2 Å². The number of nitro benzene ring substituents is 1. The molecule has 25 heavy (non-hydrogen) atoms. The smallest absolute Gasteiger partial charge is 0.410 e. The molecule has 1 aromatic carbocycles. The quantitative estimate of drug-likeness (QED) is 0.566. The predicted molar refractivity (Wildman–Crippen MR) is 95.6 cm³/mol. The molecule has 0 radical (unpaired) electrons. The molecule has 1 amide bonds. The van der Waals surface area contributed by atoms with Crippen molar-refractivity contribution < 1.29 is 14.5 Å². The molecule has 7 nitrogen and oxygen atoms in total. The van der Waals surface area contributed by atoms with Crippen LogP contribution in [0.5, 0.6) is 0 Å². The monoisotopic (exact) mass is 387 g/mol. The molecule has 2 aliphatic heterocycles. The first-order valence-corrected chi connectivity index (χ1v) is 8.62. The van der Waals surface area contributed by atoms with Crippen LogP contribution < -0.4 is 4.90 Å². The van der Waals surface area contributed by atoms with Crippen LogP contribution in [-0.2, 0) is 4.74 Å². The van der Waals surface area contributed by atoms with E-state index in [0.29, 0.717) is 31.9 Å². The summed E-state index contributed by atoms with van der Waals surface area (Å²) in [5.41, 5.74) is -0.0135. The van der Waals surface area contributed by atoms with Crippen LogP contribution in [0, 0.1) is 15.5 Å². The zero-order valence-corrected chi connectivity index (χ0v) is 15.7. The van der Waals surface area contributed by atoms with Gasteiger partial charge in [0.1, 0.15) is 5.60 Å². The van der Waals surface area contributed by atoms with Crippen LogP contribution in [0.1, 0.15) is 20.8 Å². The fourth-order valence-corrected chi connectivity index (χ4v) is 4.01. The lowest BCUT2D eigenvalue weighted by atomic mass is 9.73. The van der Waals surface area contributed by atoms with Crippen molar-refractivity contribution in [2.45, 2.75) is 26.4 Å². The molecule has 2 fully saturated rings. The number of amides is 1. The van der Waals surface area contributed by atoms with E-state index in [2.05, 4.69) is 0 Å². The highest BCUT2D eigenvalue weighted by molar-refractivity contribution is 6.39. The lowest BCUT2D eigenvalue weighted by Gasteiger charge is -2.60. The Kier molecular flexibility index (Phi) is 4.28. The number of anilines is 1. The number of nitro groups is 1. The number of hydrogen-bond donors (Lipinski definition) is 0. The highest BCUT2D eigenvalue weighted by Gasteiger charge is 2.54. The lowest BCUT2D eigenvalue weighted by molar-refractivity contribution is -0.384. The van der Waals surface area contributed by atoms with Gasteiger partial charge in [-0.3, -0.25) is 10.1 Å². The second kappa shape index (κ2) is 5.92. The van der Waals surface area contributed by atoms with Crippen molar-refractivity contribution in [2.24, 2.45) is 5.41 Å². The Morgan fingerprint density at radius 3 is 2.16 bits per heavy atom. The fraction of sp³-hybridized carbons (Fsp3) is 0.562. The van der Waals surface area contributed by atoms with Crippen molar-refractivity contribution in [2.75, 3.05) is 31.1 Å². The van der Waals surface area contributed by atoms with Crippen LogP contribution in [0.25, 0.3) is 0 Å². The van der Waals surface area contributed by atoms with Gasteiger partial charge >= 0.3 is 6.09 Å². The van der Waals surface area contributed by atoms with Gasteiger partial charge < -0.3 is 14.5 Å². The third kappa shape index (κ3) is 3.48. The van der Waals surface area contributed by atoms with Gasteiger partial charge in [0.05, 0.1) is 20.7 Å². The minimum absolute atomic E-state index is 0.0192. The number of halogens is 2. The van der Waals surface area contributed by atoms with Crippen molar-refractivity contribution in [1.29, 1.82) is 0 Å². The van der Waals surface area contributed by atoms with Crippen molar-refractivity contribution in [3.8, 4) is 0 Å². The van der Waals surface area contributed by atoms with Crippen LogP contribution in [0.3, 0.4) is 0 Å². The van der Waals surface area contributed by atoms with E-state index < -0.39 is 10.5 Å². The largest absolute Gasteiger partial charge is 0.444 e. The molecular weight excluding hydrogens is 369 g/mol. The van der Waals surface area contributed by atoms with E-state index in [1.54, 1.807) is 4.90 Å². The summed E-state index contributed by atoms with van der Waals surface area (Å²) in [6, 6.07) is 2.61. The average Bonchev–Trinajstić information content (AvgIpc) is 2.35. The molecule has 0 aliphatic carbocycles. The van der Waals surface area contributed by atoms with Crippen LogP contribution in [0.2, 0.25) is 10.0 Å². The topological polar surface area (TPSA) is 75.9 Å². The van der Waals surface area contributed by atoms with E-state index in [1.807, 2.05) is 25.7 Å². The average molecular weight is 388 g/mol. The Bertz CT molecular complexity index is 710. The molecule has 0 bridgehead atoms. The maximum Gasteiger partial charge on any atom is 0.410 e. The standard InChI is InChI=1S/C16H19Cl2N3O4/c1-15(2,3)25-14(22)20-8-16(9-20)6-19(7-16)13-11(17)4-10(21(23)24)5-12(13)18/h4-5H,6-9H2,1-3H3. The van der Waals surface area contributed by atoms with Crippen molar-refractivity contribution >= 4 is 40.7 Å². The van der Waals surface area contributed by atoms with E-state index >= 15 is 0 Å². The SMILES string of the molecule is CC(C)(C)OC(=O)N1CC2(C1)CN(c1c(Cl)cc([N+](=O)[O-])cc1Cl)C2. The zero-order chi connectivity index (χ0) is 18.6. The summed E-state index contributed by atoms with van der Waals surface area (Å²) in [6.45, 7) is 8.16. The highest BCUT2D eigenvalue weighted by Crippen LogP contribution is 2.47. The van der Waals surface area contributed by atoms with E-state index in [9.17, 15) is 14.9 Å². The minimum atomic E-state index is -0.524. The minimum Gasteiger partial charge on any atom is -0.444 e. The van der Waals surface area contributed by atoms with Crippen molar-refractivity contribution in [1.82, 2.24) is 4.90 Å². The Hall–Kier alpha value is -1.73. The molecular formula is C16H19Cl2N3O4. The van der Waals surface area contributed by atoms with E-state index in [1.165, 1.54) is 12.1 Å². The first-order chi connectivity index (χ1) is 11.5. The second-order valence-corrected chi connectivity index (χ2v) is 8.52. The Labute approximate surface area is 155 Å². The number of carbonyl (C=O) groups excluding carboxylic acids is 1. The molecule has 0 atom stereocenters. The molecule has 9 heteroatoms. The maximum absolute atomic E-state index is 12.0. The molecule has 0 saturated carbocycles. The molecule has 136 valence electrons. The van der Waals surface area contributed by atoms with Gasteiger partial charge in [-0.05, 0) is 20.8 Å². The first-order valence-electron chi connectivity index (χ1n) is 7.86. The molecule has 1 spiro atoms. The second-order valence-electron chi connectivity index (χ2n) is 7.71. The summed E-state index contributed by atoms with van der Waals surface area (Å²) in [7, 11) is 0. The third-order valence-corrected chi connectivity index (χ3v) is 4.86. The molecule has 2 heterocycles. The molecule has 2 saturated heterocycles. The number of hydrogen-bond acceptors (Lipinski definition) is 5. The van der Waals surface area contributed by atoms with Gasteiger partial charge in [-0.15, -0.1) is 0 Å². The lowest BCUT2D eigenvalue weighted by Crippen LogP contribution is -2.73. The van der Waals surface area contributed by atoms with Gasteiger partial charge in [-0.2, -0.15) is 0 Å². The molecule has 2 aliphatic rings. The maximum atomic E-state index is 12.0. The summed E-state index contributed by atoms with van der Waals surface area (Å²) in [4.78, 5) is 26.0. The fourth-order valence-electron chi connectivity index (χ4n) is 3.30. The van der Waals surface area contributed by atoms with Gasteiger partial charge in [-0.25, -0.2) is 4.79 Å². The van der Waals surface area contributed by atoms with Gasteiger partial charge in [-0.1, -0.05) is 23.2 Å². The van der Waals surface area contributed by atoms with Gasteiger partial charge in [0.15, 0.2) is 0 Å². The zero-order valence-electron chi connectivity index (χ0n) is 14.2. The highest BCUT2D eigenvalue weighted by atomic mass is 35.5. The number of carbonyl (C=O) groups is 1. The predicted octanol–water partition coefficient (Wildman–Crippen LogP) is 3.96. The number of rotatable bonds is 2. The van der Waals surface area contributed by atoms with E-state index in [4.69, 9.17) is 27.9 Å². The van der Waals surface area contributed by atoms with Gasteiger partial charge in [0.25, 0.3) is 5.69 Å². The number of ether oxygens (including phenoxy) is 1. The molecule has 0 aromatic heterocycles. The van der Waals surface area contributed by atoms with Crippen LogP contribution in [-0.4, -0.2) is 47.7 Å². The van der Waals surface area contributed by atoms with Gasteiger partial charge in [0, 0.05) is 43.7 Å². The first kappa shape index (κ1) is 18.1. The normalized spacial score (nSPS) is 18.6. The van der Waals surface area contributed by atoms with Crippen LogP contribution in [0.15, 0.2) is 12.1 Å². The molecule has 0 N–H and O–H groups in total. The molecule has 1 aromatic rings. The summed E-state index contributed by atoms with van der Waals surface area (Å²) in [5, 5.41) is 11.4. The Morgan fingerprint density at radius 2 is 1.72 bits per heavy atom. The number of benzene rings is 1. The summed E-state index contributed by atoms with van der Waals surface area (Å²) in [5.74, 6) is 0. The molecule has 0 unspecified atom stereocenters. The van der Waals surface area contributed by atoms with E-state index in [-0.39, 0.29) is 27.2 Å². The Morgan fingerprint density at radius 1 is 1.20 bits per heavy atom. The van der Waals surface area contributed by atoms with Crippen LogP contribution in [0.4, 0.5) is 16.2 Å². The van der Waals surface area contributed by atoms with Gasteiger partial charge in [0.2, 0.25) is 0 Å². The van der Waals surface area contributed by atoms with Crippen molar-refractivity contribution in [3.63, 3.8) is 0 Å². The summed E-state index contributed by atoms with van der Waals surface area (Å²) in [6.07, 6.45) is -0.303. The molecule has 3 rings (SSSR count). The number of non-ortho nitro benzene ring substituents is 1. The van der Waals surface area contributed by atoms with Crippen molar-refractivity contribution in [3.05, 3.63) is 32.3 Å².